The molecule has 2 aliphatic carbocycles. The average Bonchev–Trinajstić information content (AvgIpc) is 3.57. The van der Waals surface area contributed by atoms with E-state index in [2.05, 4.69) is 65.0 Å². The van der Waals surface area contributed by atoms with Gasteiger partial charge in [0.2, 0.25) is 0 Å². The van der Waals surface area contributed by atoms with Crippen molar-refractivity contribution in [2.45, 2.75) is 37.5 Å². The first-order valence-corrected chi connectivity index (χ1v) is 11.6. The van der Waals surface area contributed by atoms with Crippen LogP contribution in [0.1, 0.15) is 36.1 Å². The van der Waals surface area contributed by atoms with Crippen molar-refractivity contribution in [2.24, 2.45) is 18.9 Å². The molecule has 2 fully saturated rings. The van der Waals surface area contributed by atoms with Crippen LogP contribution in [0.25, 0.3) is 10.9 Å². The molecule has 1 saturated carbocycles. The van der Waals surface area contributed by atoms with Crippen molar-refractivity contribution in [3.8, 4) is 5.75 Å². The molecule has 1 saturated heterocycles. The van der Waals surface area contributed by atoms with E-state index in [1.165, 1.54) is 61.8 Å². The second-order valence-corrected chi connectivity index (χ2v) is 9.92. The van der Waals surface area contributed by atoms with Crippen molar-refractivity contribution in [3.63, 3.8) is 0 Å². The number of ether oxygens (including phenoxy) is 1. The molecule has 2 atom stereocenters. The number of nitrogens with zero attached hydrogens (tertiary/aromatic N) is 2. The van der Waals surface area contributed by atoms with Crippen LogP contribution in [0.15, 0.2) is 48.5 Å². The number of aryl methyl sites for hydroxylation is 1. The van der Waals surface area contributed by atoms with Crippen LogP contribution in [0.2, 0.25) is 0 Å². The van der Waals surface area contributed by atoms with Gasteiger partial charge in [0.1, 0.15) is 5.75 Å². The van der Waals surface area contributed by atoms with E-state index in [1.807, 2.05) is 0 Å². The van der Waals surface area contributed by atoms with Crippen LogP contribution in [0.4, 0.5) is 0 Å². The van der Waals surface area contributed by atoms with Crippen molar-refractivity contribution in [3.05, 3.63) is 65.4 Å². The SMILES string of the molecule is COc1cccc(C23CCN(CC4CC4)CC2Cc2c(n(C)c4ccccc24)C3)c1. The molecule has 2 heterocycles. The minimum atomic E-state index is 0.212. The Balaban J connectivity index is 1.47. The number of piperidine rings is 1. The Morgan fingerprint density at radius 1 is 1.10 bits per heavy atom. The number of likely N-dealkylation sites (tertiary alicyclic amines) is 1. The third kappa shape index (κ3) is 2.82. The van der Waals surface area contributed by atoms with Crippen LogP contribution in [0, 0.1) is 11.8 Å². The number of benzene rings is 2. The number of fused-ring (bicyclic) bond motifs is 4. The second kappa shape index (κ2) is 6.88. The van der Waals surface area contributed by atoms with Gasteiger partial charge in [0.25, 0.3) is 0 Å². The van der Waals surface area contributed by atoms with E-state index in [9.17, 15) is 0 Å². The molecule has 0 amide bonds. The van der Waals surface area contributed by atoms with Crippen molar-refractivity contribution in [1.82, 2.24) is 9.47 Å². The third-order valence-corrected chi connectivity index (χ3v) is 8.27. The van der Waals surface area contributed by atoms with Gasteiger partial charge in [0.05, 0.1) is 7.11 Å². The normalized spacial score (nSPS) is 26.4. The highest BCUT2D eigenvalue weighted by atomic mass is 16.5. The van der Waals surface area contributed by atoms with Gasteiger partial charge in [-0.1, -0.05) is 30.3 Å². The first-order valence-electron chi connectivity index (χ1n) is 11.6. The monoisotopic (exact) mass is 400 g/mol. The summed E-state index contributed by atoms with van der Waals surface area (Å²) >= 11 is 0. The molecule has 0 N–H and O–H groups in total. The molecular weight excluding hydrogens is 368 g/mol. The predicted octanol–water partition coefficient (Wildman–Crippen LogP) is 4.96. The molecule has 1 aliphatic heterocycles. The minimum Gasteiger partial charge on any atom is -0.497 e. The number of methoxy groups -OCH3 is 1. The Hall–Kier alpha value is -2.26. The maximum Gasteiger partial charge on any atom is 0.119 e. The van der Waals surface area contributed by atoms with Gasteiger partial charge < -0.3 is 14.2 Å². The predicted molar refractivity (Wildman–Crippen MR) is 122 cm³/mol. The van der Waals surface area contributed by atoms with Crippen LogP contribution in [0.3, 0.4) is 0 Å². The molecule has 0 spiro atoms. The number of hydrogen-bond donors (Lipinski definition) is 0. The molecule has 0 bridgehead atoms. The Morgan fingerprint density at radius 2 is 1.97 bits per heavy atom. The number of para-hydroxylation sites is 1. The van der Waals surface area contributed by atoms with Crippen LogP contribution in [-0.4, -0.2) is 36.2 Å². The lowest BCUT2D eigenvalue weighted by molar-refractivity contribution is 0.0776. The zero-order chi connectivity index (χ0) is 20.3. The summed E-state index contributed by atoms with van der Waals surface area (Å²) in [6.45, 7) is 3.77. The van der Waals surface area contributed by atoms with E-state index >= 15 is 0 Å². The smallest absolute Gasteiger partial charge is 0.119 e. The van der Waals surface area contributed by atoms with Crippen LogP contribution < -0.4 is 4.74 Å². The maximum atomic E-state index is 5.63. The summed E-state index contributed by atoms with van der Waals surface area (Å²) in [4.78, 5) is 2.77. The molecular formula is C27H32N2O. The van der Waals surface area contributed by atoms with Crippen molar-refractivity contribution in [1.29, 1.82) is 0 Å². The number of hydrogen-bond acceptors (Lipinski definition) is 2. The topological polar surface area (TPSA) is 17.4 Å². The Labute approximate surface area is 179 Å². The standard InChI is InChI=1S/C27H32N2O/c1-28-25-9-4-3-8-23(25)24-15-21-18-29(17-19-10-11-19)13-12-27(21,16-26(24)28)20-6-5-7-22(14-20)30-2/h3-9,14,19,21H,10-13,15-18H2,1-2H3. The number of aromatic nitrogens is 1. The van der Waals surface area contributed by atoms with Gasteiger partial charge in [-0.15, -0.1) is 0 Å². The highest BCUT2D eigenvalue weighted by molar-refractivity contribution is 5.86. The molecule has 1 aromatic heterocycles. The molecule has 3 heteroatoms. The largest absolute Gasteiger partial charge is 0.497 e. The van der Waals surface area contributed by atoms with Crippen LogP contribution in [-0.2, 0) is 25.3 Å². The van der Waals surface area contributed by atoms with Gasteiger partial charge in [0.15, 0.2) is 0 Å². The average molecular weight is 401 g/mol. The zero-order valence-corrected chi connectivity index (χ0v) is 18.2. The van der Waals surface area contributed by atoms with Gasteiger partial charge in [-0.2, -0.15) is 0 Å². The summed E-state index contributed by atoms with van der Waals surface area (Å²) in [6, 6.07) is 17.9. The van der Waals surface area contributed by atoms with Gasteiger partial charge in [-0.05, 0) is 79.8 Å². The Bertz CT molecular complexity index is 1100. The number of rotatable bonds is 4. The van der Waals surface area contributed by atoms with E-state index < -0.39 is 0 Å². The fraction of sp³-hybridized carbons (Fsp3) is 0.481. The van der Waals surface area contributed by atoms with E-state index in [4.69, 9.17) is 4.74 Å². The lowest BCUT2D eigenvalue weighted by Crippen LogP contribution is -2.54. The van der Waals surface area contributed by atoms with Crippen molar-refractivity contribution < 1.29 is 4.74 Å². The third-order valence-electron chi connectivity index (χ3n) is 8.27. The van der Waals surface area contributed by atoms with Gasteiger partial charge in [-0.3, -0.25) is 0 Å². The second-order valence-electron chi connectivity index (χ2n) is 9.92. The van der Waals surface area contributed by atoms with E-state index in [1.54, 1.807) is 18.4 Å². The highest BCUT2D eigenvalue weighted by Crippen LogP contribution is 2.50. The van der Waals surface area contributed by atoms with Gasteiger partial charge in [0, 0.05) is 42.1 Å². The van der Waals surface area contributed by atoms with Crippen LogP contribution >= 0.6 is 0 Å². The summed E-state index contributed by atoms with van der Waals surface area (Å²) in [6.07, 6.45) is 6.46. The lowest BCUT2D eigenvalue weighted by Gasteiger charge is -2.51. The fourth-order valence-corrected chi connectivity index (χ4v) is 6.40. The molecule has 3 aromatic rings. The lowest BCUT2D eigenvalue weighted by atomic mass is 9.58. The van der Waals surface area contributed by atoms with Crippen molar-refractivity contribution in [2.75, 3.05) is 26.7 Å². The van der Waals surface area contributed by atoms with Gasteiger partial charge in [-0.25, -0.2) is 0 Å². The molecule has 0 radical (unpaired) electrons. The first-order chi connectivity index (χ1) is 14.7. The molecule has 30 heavy (non-hydrogen) atoms. The Kier molecular flexibility index (Phi) is 4.24. The van der Waals surface area contributed by atoms with E-state index in [0.29, 0.717) is 5.92 Å². The summed E-state index contributed by atoms with van der Waals surface area (Å²) in [7, 11) is 4.05. The van der Waals surface area contributed by atoms with E-state index in [0.717, 1.165) is 18.1 Å². The zero-order valence-electron chi connectivity index (χ0n) is 18.2. The summed E-state index contributed by atoms with van der Waals surface area (Å²) in [5.74, 6) is 2.62. The summed E-state index contributed by atoms with van der Waals surface area (Å²) in [5.41, 5.74) is 6.23. The Morgan fingerprint density at radius 3 is 2.80 bits per heavy atom. The van der Waals surface area contributed by atoms with Gasteiger partial charge >= 0.3 is 0 Å². The van der Waals surface area contributed by atoms with Crippen LogP contribution in [0.5, 0.6) is 5.75 Å². The van der Waals surface area contributed by atoms with E-state index in [-0.39, 0.29) is 5.41 Å². The summed E-state index contributed by atoms with van der Waals surface area (Å²) in [5, 5.41) is 1.47. The molecule has 156 valence electrons. The molecule has 3 nitrogen and oxygen atoms in total. The highest BCUT2D eigenvalue weighted by Gasteiger charge is 2.48. The maximum absolute atomic E-state index is 5.63. The van der Waals surface area contributed by atoms with Crippen molar-refractivity contribution >= 4 is 10.9 Å². The molecule has 3 aliphatic rings. The summed E-state index contributed by atoms with van der Waals surface area (Å²) < 4.78 is 8.10. The quantitative estimate of drug-likeness (QED) is 0.616. The first kappa shape index (κ1) is 18.5. The fourth-order valence-electron chi connectivity index (χ4n) is 6.40. The molecule has 6 rings (SSSR count). The minimum absolute atomic E-state index is 0.212. The molecule has 2 unspecified atom stereocenters. The molecule has 2 aromatic carbocycles.